The number of hydrogen-bond donors (Lipinski definition) is 0. The molecule has 0 spiro atoms. The van der Waals surface area contributed by atoms with Crippen LogP contribution in [-0.2, 0) is 0 Å². The first-order valence-electron chi connectivity index (χ1n) is 5.84. The largest absolute Gasteiger partial charge is 0.326 e. The molecule has 0 aliphatic heterocycles. The summed E-state index contributed by atoms with van der Waals surface area (Å²) in [6, 6.07) is 16.1. The van der Waals surface area contributed by atoms with Gasteiger partial charge in [0.2, 0.25) is 5.69 Å². The maximum atomic E-state index is 7.24. The van der Waals surface area contributed by atoms with Crippen LogP contribution in [0.5, 0.6) is 0 Å². The molecule has 2 heteroatoms. The highest BCUT2D eigenvalue weighted by Crippen LogP contribution is 2.28. The molecule has 1 heterocycles. The number of fused-ring (bicyclic) bond motifs is 1. The Balaban J connectivity index is 2.30. The van der Waals surface area contributed by atoms with E-state index in [0.717, 1.165) is 11.2 Å². The minimum absolute atomic E-state index is 0.676. The maximum Gasteiger partial charge on any atom is 0.210 e. The van der Waals surface area contributed by atoms with Crippen LogP contribution in [0.1, 0.15) is 5.56 Å². The second kappa shape index (κ2) is 4.05. The predicted octanol–water partition coefficient (Wildman–Crippen LogP) is 4.49. The van der Waals surface area contributed by atoms with Gasteiger partial charge in [-0.3, -0.25) is 0 Å². The van der Waals surface area contributed by atoms with Crippen molar-refractivity contribution in [3.63, 3.8) is 0 Å². The zero-order chi connectivity index (χ0) is 12.5. The smallest absolute Gasteiger partial charge is 0.210 e. The van der Waals surface area contributed by atoms with Crippen LogP contribution >= 0.6 is 0 Å². The van der Waals surface area contributed by atoms with Crippen LogP contribution in [0.15, 0.2) is 54.7 Å². The second-order valence-corrected chi connectivity index (χ2v) is 4.35. The summed E-state index contributed by atoms with van der Waals surface area (Å²) in [5, 5.41) is 1.20. The SMILES string of the molecule is [C-]#[N+]c1ccccc1-n1ccc2cc(C)ccc21. The summed E-state index contributed by atoms with van der Waals surface area (Å²) in [5.41, 5.74) is 4.00. The van der Waals surface area contributed by atoms with Crippen molar-refractivity contribution in [1.82, 2.24) is 4.57 Å². The third-order valence-electron chi connectivity index (χ3n) is 3.11. The number of rotatable bonds is 1. The Labute approximate surface area is 106 Å². The molecular formula is C16H12N2. The molecule has 2 nitrogen and oxygen atoms in total. The standard InChI is InChI=1S/C16H12N2/c1-12-7-8-15-13(11-12)9-10-18(15)16-6-4-3-5-14(16)17-2/h3-11H,1H3. The monoisotopic (exact) mass is 232 g/mol. The van der Waals surface area contributed by atoms with E-state index in [1.54, 1.807) is 0 Å². The molecule has 0 atom stereocenters. The predicted molar refractivity (Wildman–Crippen MR) is 74.3 cm³/mol. The van der Waals surface area contributed by atoms with E-state index in [-0.39, 0.29) is 0 Å². The van der Waals surface area contributed by atoms with Gasteiger partial charge in [-0.05, 0) is 31.2 Å². The molecule has 0 N–H and O–H groups in total. The van der Waals surface area contributed by atoms with Gasteiger partial charge >= 0.3 is 0 Å². The van der Waals surface area contributed by atoms with Crippen molar-refractivity contribution < 1.29 is 0 Å². The molecule has 18 heavy (non-hydrogen) atoms. The Morgan fingerprint density at radius 1 is 1.06 bits per heavy atom. The van der Waals surface area contributed by atoms with Gasteiger partial charge in [0.1, 0.15) is 0 Å². The first kappa shape index (κ1) is 10.6. The molecule has 0 radical (unpaired) electrons. The van der Waals surface area contributed by atoms with Crippen molar-refractivity contribution in [2.24, 2.45) is 0 Å². The minimum Gasteiger partial charge on any atom is -0.326 e. The highest BCUT2D eigenvalue weighted by atomic mass is 15.0. The number of aromatic nitrogens is 1. The van der Waals surface area contributed by atoms with Crippen LogP contribution in [0.25, 0.3) is 21.4 Å². The Kier molecular flexibility index (Phi) is 2.39. The summed E-state index contributed by atoms with van der Waals surface area (Å²) in [7, 11) is 0. The highest BCUT2D eigenvalue weighted by molar-refractivity contribution is 5.84. The average molecular weight is 232 g/mol. The van der Waals surface area contributed by atoms with Gasteiger partial charge in [-0.25, -0.2) is 4.85 Å². The summed E-state index contributed by atoms with van der Waals surface area (Å²) in [6.45, 7) is 9.33. The molecule has 0 saturated carbocycles. The topological polar surface area (TPSA) is 9.29 Å². The number of benzene rings is 2. The number of nitrogens with zero attached hydrogens (tertiary/aromatic N) is 2. The molecule has 3 aromatic rings. The Morgan fingerprint density at radius 3 is 2.72 bits per heavy atom. The van der Waals surface area contributed by atoms with Gasteiger partial charge in [0, 0.05) is 11.6 Å². The maximum absolute atomic E-state index is 7.24. The van der Waals surface area contributed by atoms with E-state index in [9.17, 15) is 0 Å². The first-order valence-corrected chi connectivity index (χ1v) is 5.84. The Morgan fingerprint density at radius 2 is 1.89 bits per heavy atom. The van der Waals surface area contributed by atoms with Gasteiger partial charge < -0.3 is 4.57 Å². The number of hydrogen-bond acceptors (Lipinski definition) is 0. The van der Waals surface area contributed by atoms with Crippen LogP contribution in [-0.4, -0.2) is 4.57 Å². The molecule has 0 aliphatic rings. The van der Waals surface area contributed by atoms with Crippen LogP contribution < -0.4 is 0 Å². The van der Waals surface area contributed by atoms with Crippen LogP contribution in [0.4, 0.5) is 5.69 Å². The van der Waals surface area contributed by atoms with Crippen LogP contribution in [0.3, 0.4) is 0 Å². The lowest BCUT2D eigenvalue weighted by Crippen LogP contribution is -1.91. The summed E-state index contributed by atoms with van der Waals surface area (Å²) < 4.78 is 2.07. The molecule has 2 aromatic carbocycles. The average Bonchev–Trinajstić information content (AvgIpc) is 2.81. The van der Waals surface area contributed by atoms with Crippen molar-refractivity contribution in [2.45, 2.75) is 6.92 Å². The third kappa shape index (κ3) is 1.57. The Bertz CT molecular complexity index is 760. The molecule has 0 bridgehead atoms. The Hall–Kier alpha value is -2.53. The van der Waals surface area contributed by atoms with Gasteiger partial charge in [0.05, 0.1) is 17.8 Å². The molecule has 0 amide bonds. The van der Waals surface area contributed by atoms with E-state index in [0.29, 0.717) is 5.69 Å². The van der Waals surface area contributed by atoms with E-state index >= 15 is 0 Å². The van der Waals surface area contributed by atoms with Gasteiger partial charge in [0.25, 0.3) is 0 Å². The zero-order valence-corrected chi connectivity index (χ0v) is 10.1. The summed E-state index contributed by atoms with van der Waals surface area (Å²) in [6.07, 6.45) is 2.02. The minimum atomic E-state index is 0.676. The van der Waals surface area contributed by atoms with Crippen molar-refractivity contribution in [3.05, 3.63) is 71.7 Å². The molecule has 0 aliphatic carbocycles. The number of aryl methyl sites for hydroxylation is 1. The van der Waals surface area contributed by atoms with Gasteiger partial charge in [0.15, 0.2) is 0 Å². The van der Waals surface area contributed by atoms with Gasteiger partial charge in [-0.2, -0.15) is 0 Å². The van der Waals surface area contributed by atoms with Crippen LogP contribution in [0.2, 0.25) is 0 Å². The lowest BCUT2D eigenvalue weighted by atomic mass is 10.2. The first-order chi connectivity index (χ1) is 8.79. The van der Waals surface area contributed by atoms with E-state index in [1.807, 2.05) is 30.5 Å². The lowest BCUT2D eigenvalue weighted by molar-refractivity contribution is 1.13. The van der Waals surface area contributed by atoms with Crippen LogP contribution in [0, 0.1) is 13.5 Å². The van der Waals surface area contributed by atoms with Crippen molar-refractivity contribution in [3.8, 4) is 5.69 Å². The van der Waals surface area contributed by atoms with Crippen molar-refractivity contribution >= 4 is 16.6 Å². The summed E-state index contributed by atoms with van der Waals surface area (Å²) in [4.78, 5) is 3.58. The molecule has 0 fully saturated rings. The second-order valence-electron chi connectivity index (χ2n) is 4.35. The molecule has 3 rings (SSSR count). The van der Waals surface area contributed by atoms with Crippen molar-refractivity contribution in [1.29, 1.82) is 0 Å². The fraction of sp³-hybridized carbons (Fsp3) is 0.0625. The van der Waals surface area contributed by atoms with Crippen molar-refractivity contribution in [2.75, 3.05) is 0 Å². The molecule has 0 saturated heterocycles. The summed E-state index contributed by atoms with van der Waals surface area (Å²) >= 11 is 0. The molecule has 1 aromatic heterocycles. The van der Waals surface area contributed by atoms with E-state index < -0.39 is 0 Å². The molecular weight excluding hydrogens is 220 g/mol. The van der Waals surface area contributed by atoms with E-state index in [4.69, 9.17) is 6.57 Å². The fourth-order valence-electron chi connectivity index (χ4n) is 2.23. The van der Waals surface area contributed by atoms with E-state index in [2.05, 4.69) is 40.6 Å². The summed E-state index contributed by atoms with van der Waals surface area (Å²) in [5.74, 6) is 0. The molecule has 0 unspecified atom stereocenters. The van der Waals surface area contributed by atoms with Gasteiger partial charge in [-0.1, -0.05) is 29.8 Å². The number of para-hydroxylation sites is 2. The van der Waals surface area contributed by atoms with Gasteiger partial charge in [-0.15, -0.1) is 0 Å². The normalized spacial score (nSPS) is 10.4. The van der Waals surface area contributed by atoms with E-state index in [1.165, 1.54) is 10.9 Å². The quantitative estimate of drug-likeness (QED) is 0.547. The fourth-order valence-corrected chi connectivity index (χ4v) is 2.23. The zero-order valence-electron chi connectivity index (χ0n) is 10.1. The lowest BCUT2D eigenvalue weighted by Gasteiger charge is -2.07. The third-order valence-corrected chi connectivity index (χ3v) is 3.11. The highest BCUT2D eigenvalue weighted by Gasteiger charge is 2.06. The molecule has 86 valence electrons.